The lowest BCUT2D eigenvalue weighted by Gasteiger charge is -2.01. The third-order valence-corrected chi connectivity index (χ3v) is 2.36. The van der Waals surface area contributed by atoms with Gasteiger partial charge in [-0.25, -0.2) is 9.78 Å². The molecule has 2 N–H and O–H groups in total. The molecular weight excluding hydrogens is 250 g/mol. The summed E-state index contributed by atoms with van der Waals surface area (Å²) in [5.74, 6) is -0.661. The van der Waals surface area contributed by atoms with Crippen molar-refractivity contribution in [3.05, 3.63) is 46.8 Å². The number of carbonyl (C=O) groups excluding carboxylic acids is 1. The molecule has 3 aromatic heterocycles. The summed E-state index contributed by atoms with van der Waals surface area (Å²) in [6.45, 7) is 0. The second-order valence-corrected chi connectivity index (χ2v) is 3.60. The number of aromatic nitrogens is 5. The molecule has 0 bridgehead atoms. The van der Waals surface area contributed by atoms with Gasteiger partial charge in [-0.15, -0.1) is 0 Å². The summed E-state index contributed by atoms with van der Waals surface area (Å²) >= 11 is 0. The molecule has 0 aliphatic carbocycles. The monoisotopic (exact) mass is 257 g/mol. The maximum atomic E-state index is 11.7. The van der Waals surface area contributed by atoms with Crippen molar-refractivity contribution in [3.63, 3.8) is 0 Å². The SMILES string of the molecule is O=C(Oc1nc2nc[nH]c2c(=O)[nH]1)c1cccnc1. The van der Waals surface area contributed by atoms with Gasteiger partial charge in [0.1, 0.15) is 0 Å². The minimum absolute atomic E-state index is 0.178. The van der Waals surface area contributed by atoms with Crippen LogP contribution in [0.25, 0.3) is 11.2 Å². The van der Waals surface area contributed by atoms with E-state index in [9.17, 15) is 9.59 Å². The van der Waals surface area contributed by atoms with Crippen LogP contribution in [0.5, 0.6) is 6.01 Å². The van der Waals surface area contributed by atoms with E-state index in [0.717, 1.165) is 0 Å². The Labute approximate surface area is 105 Å². The highest BCUT2D eigenvalue weighted by atomic mass is 16.5. The topological polar surface area (TPSA) is 114 Å². The van der Waals surface area contributed by atoms with Crippen LogP contribution in [0.3, 0.4) is 0 Å². The van der Waals surface area contributed by atoms with Crippen LogP contribution in [0.15, 0.2) is 35.6 Å². The number of rotatable bonds is 2. The van der Waals surface area contributed by atoms with E-state index < -0.39 is 11.5 Å². The van der Waals surface area contributed by atoms with Gasteiger partial charge in [0, 0.05) is 12.4 Å². The highest BCUT2D eigenvalue weighted by molar-refractivity contribution is 5.90. The molecule has 0 aliphatic heterocycles. The fourth-order valence-electron chi connectivity index (χ4n) is 1.50. The van der Waals surface area contributed by atoms with Crippen LogP contribution < -0.4 is 10.3 Å². The van der Waals surface area contributed by atoms with Crippen molar-refractivity contribution < 1.29 is 9.53 Å². The van der Waals surface area contributed by atoms with Crippen LogP contribution >= 0.6 is 0 Å². The number of ether oxygens (including phenoxy) is 1. The van der Waals surface area contributed by atoms with Crippen LogP contribution in [-0.4, -0.2) is 30.9 Å². The Morgan fingerprint density at radius 1 is 1.37 bits per heavy atom. The number of pyridine rings is 1. The maximum absolute atomic E-state index is 11.7. The number of carbonyl (C=O) groups is 1. The number of fused-ring (bicyclic) bond motifs is 1. The standard InChI is InChI=1S/C11H7N5O3/c17-9-7-8(14-5-13-7)15-11(16-9)19-10(18)6-2-1-3-12-4-6/h1-5H,(H2,13,14,15,16,17). The summed E-state index contributed by atoms with van der Waals surface area (Å²) in [5, 5.41) is 0. The zero-order chi connectivity index (χ0) is 13.2. The molecule has 0 fully saturated rings. The summed E-state index contributed by atoms with van der Waals surface area (Å²) in [5.41, 5.74) is 0.197. The molecule has 3 heterocycles. The predicted octanol–water partition coefficient (Wildman–Crippen LogP) is 0.260. The number of H-pyrrole nitrogens is 2. The number of hydrogen-bond acceptors (Lipinski definition) is 6. The number of nitrogens with zero attached hydrogens (tertiary/aromatic N) is 3. The number of esters is 1. The number of imidazole rings is 1. The molecule has 0 radical (unpaired) electrons. The van der Waals surface area contributed by atoms with Crippen molar-refractivity contribution in [2.45, 2.75) is 0 Å². The molecule has 0 atom stereocenters. The van der Waals surface area contributed by atoms with Gasteiger partial charge in [0.15, 0.2) is 11.2 Å². The van der Waals surface area contributed by atoms with Crippen molar-refractivity contribution in [1.29, 1.82) is 0 Å². The Morgan fingerprint density at radius 3 is 3.05 bits per heavy atom. The van der Waals surface area contributed by atoms with Crippen molar-refractivity contribution in [3.8, 4) is 6.01 Å². The van der Waals surface area contributed by atoms with Crippen molar-refractivity contribution >= 4 is 17.1 Å². The first-order valence-corrected chi connectivity index (χ1v) is 5.29. The zero-order valence-electron chi connectivity index (χ0n) is 9.45. The third-order valence-electron chi connectivity index (χ3n) is 2.36. The molecule has 0 aromatic carbocycles. The summed E-state index contributed by atoms with van der Waals surface area (Å²) in [6, 6.07) is 2.93. The molecule has 0 saturated heterocycles. The summed E-state index contributed by atoms with van der Waals surface area (Å²) < 4.78 is 4.96. The number of hydrogen-bond donors (Lipinski definition) is 2. The van der Waals surface area contributed by atoms with Crippen LogP contribution in [0.2, 0.25) is 0 Å². The summed E-state index contributed by atoms with van der Waals surface area (Å²) in [6.07, 6.45) is 4.22. The van der Waals surface area contributed by atoms with E-state index in [1.54, 1.807) is 12.1 Å². The van der Waals surface area contributed by atoms with E-state index in [2.05, 4.69) is 24.9 Å². The smallest absolute Gasteiger partial charge is 0.347 e. The molecule has 3 aromatic rings. The van der Waals surface area contributed by atoms with Crippen LogP contribution in [0.4, 0.5) is 0 Å². The average Bonchev–Trinajstić information content (AvgIpc) is 2.88. The van der Waals surface area contributed by atoms with Gasteiger partial charge in [0.05, 0.1) is 11.9 Å². The van der Waals surface area contributed by atoms with E-state index in [0.29, 0.717) is 0 Å². The molecule has 94 valence electrons. The minimum Gasteiger partial charge on any atom is -0.388 e. The van der Waals surface area contributed by atoms with E-state index in [1.807, 2.05) is 0 Å². The van der Waals surface area contributed by atoms with E-state index in [-0.39, 0.29) is 22.7 Å². The fraction of sp³-hybridized carbons (Fsp3) is 0. The Morgan fingerprint density at radius 2 is 2.26 bits per heavy atom. The fourth-order valence-corrected chi connectivity index (χ4v) is 1.50. The van der Waals surface area contributed by atoms with Gasteiger partial charge >= 0.3 is 12.0 Å². The van der Waals surface area contributed by atoms with Crippen LogP contribution in [0, 0.1) is 0 Å². The number of nitrogens with one attached hydrogen (secondary N) is 2. The molecule has 0 aliphatic rings. The lowest BCUT2D eigenvalue weighted by Crippen LogP contribution is -2.15. The van der Waals surface area contributed by atoms with Crippen LogP contribution in [-0.2, 0) is 0 Å². The van der Waals surface area contributed by atoms with Gasteiger partial charge < -0.3 is 9.72 Å². The first-order chi connectivity index (χ1) is 9.24. The third kappa shape index (κ3) is 2.06. The molecule has 8 heteroatoms. The van der Waals surface area contributed by atoms with E-state index in [1.165, 1.54) is 18.7 Å². The first-order valence-electron chi connectivity index (χ1n) is 5.29. The zero-order valence-corrected chi connectivity index (χ0v) is 9.45. The second-order valence-electron chi connectivity index (χ2n) is 3.60. The Hall–Kier alpha value is -3.03. The van der Waals surface area contributed by atoms with Gasteiger partial charge in [0.2, 0.25) is 0 Å². The molecule has 0 saturated carbocycles. The van der Waals surface area contributed by atoms with Crippen LogP contribution in [0.1, 0.15) is 10.4 Å². The molecule has 0 spiro atoms. The minimum atomic E-state index is -0.661. The quantitative estimate of drug-likeness (QED) is 0.636. The molecular formula is C11H7N5O3. The van der Waals surface area contributed by atoms with Gasteiger partial charge in [-0.2, -0.15) is 4.98 Å². The predicted molar refractivity (Wildman–Crippen MR) is 63.7 cm³/mol. The van der Waals surface area contributed by atoms with Gasteiger partial charge in [-0.1, -0.05) is 0 Å². The lowest BCUT2D eigenvalue weighted by molar-refractivity contribution is 0.0719. The van der Waals surface area contributed by atoms with Crippen molar-refractivity contribution in [2.75, 3.05) is 0 Å². The molecule has 19 heavy (non-hydrogen) atoms. The summed E-state index contributed by atoms with van der Waals surface area (Å²) in [7, 11) is 0. The second kappa shape index (κ2) is 4.33. The molecule has 0 amide bonds. The Kier molecular flexibility index (Phi) is 2.53. The number of aromatic amines is 2. The Balaban J connectivity index is 1.93. The maximum Gasteiger partial charge on any atom is 0.347 e. The summed E-state index contributed by atoms with van der Waals surface area (Å²) in [4.78, 5) is 39.8. The molecule has 8 nitrogen and oxygen atoms in total. The average molecular weight is 257 g/mol. The highest BCUT2D eigenvalue weighted by Crippen LogP contribution is 2.07. The van der Waals surface area contributed by atoms with E-state index in [4.69, 9.17) is 4.74 Å². The van der Waals surface area contributed by atoms with Crippen molar-refractivity contribution in [1.82, 2.24) is 24.9 Å². The van der Waals surface area contributed by atoms with Gasteiger partial charge in [0.25, 0.3) is 5.56 Å². The van der Waals surface area contributed by atoms with Gasteiger partial charge in [-0.3, -0.25) is 14.8 Å². The largest absolute Gasteiger partial charge is 0.388 e. The Bertz CT molecular complexity index is 793. The first kappa shape index (κ1) is 11.1. The molecule has 0 unspecified atom stereocenters. The van der Waals surface area contributed by atoms with Gasteiger partial charge in [-0.05, 0) is 12.1 Å². The molecule has 3 rings (SSSR count). The highest BCUT2D eigenvalue weighted by Gasteiger charge is 2.12. The normalized spacial score (nSPS) is 10.5. The van der Waals surface area contributed by atoms with Crippen molar-refractivity contribution in [2.24, 2.45) is 0 Å². The van der Waals surface area contributed by atoms with E-state index >= 15 is 0 Å². The lowest BCUT2D eigenvalue weighted by atomic mass is 10.3.